The van der Waals surface area contributed by atoms with Crippen LogP contribution in [0.15, 0.2) is 15.0 Å². The maximum absolute atomic E-state index is 9.85. The zero-order chi connectivity index (χ0) is 12.6. The van der Waals surface area contributed by atoms with Crippen molar-refractivity contribution in [1.29, 1.82) is 0 Å². The summed E-state index contributed by atoms with van der Waals surface area (Å²) in [6.07, 6.45) is 3.61. The van der Waals surface area contributed by atoms with Gasteiger partial charge in [-0.1, -0.05) is 6.42 Å². The Labute approximate surface area is 130 Å². The highest BCUT2D eigenvalue weighted by Gasteiger charge is 2.28. The van der Waals surface area contributed by atoms with Gasteiger partial charge in [-0.2, -0.15) is 0 Å². The molecule has 3 nitrogen and oxygen atoms in total. The third kappa shape index (κ3) is 2.79. The monoisotopic (exact) mass is 399 g/mol. The molecule has 0 saturated heterocycles. The van der Waals surface area contributed by atoms with Gasteiger partial charge < -0.3 is 15.6 Å². The first-order valence-electron chi connectivity index (χ1n) is 5.56. The molecule has 0 heterocycles. The fourth-order valence-electron chi connectivity index (χ4n) is 2.06. The average Bonchev–Trinajstić information content (AvgIpc) is 2.24. The summed E-state index contributed by atoms with van der Waals surface area (Å²) in [7, 11) is 1.54. The number of aromatic hydroxyl groups is 1. The minimum atomic E-state index is -0.0103. The van der Waals surface area contributed by atoms with Crippen molar-refractivity contribution in [2.75, 3.05) is 7.11 Å². The number of benzene rings is 1. The third-order valence-electron chi connectivity index (χ3n) is 3.41. The second-order valence-corrected chi connectivity index (χ2v) is 5.95. The highest BCUT2D eigenvalue weighted by Crippen LogP contribution is 2.46. The minimum Gasteiger partial charge on any atom is -0.503 e. The molecule has 0 spiro atoms. The zero-order valence-electron chi connectivity index (χ0n) is 9.95. The maximum atomic E-state index is 9.85. The van der Waals surface area contributed by atoms with Crippen molar-refractivity contribution < 1.29 is 9.84 Å². The van der Waals surface area contributed by atoms with Crippen LogP contribution in [0.5, 0.6) is 11.5 Å². The highest BCUT2D eigenvalue weighted by molar-refractivity contribution is 9.13. The fraction of sp³-hybridized carbons (Fsp3) is 0.500. The van der Waals surface area contributed by atoms with Crippen molar-refractivity contribution in [3.8, 4) is 11.5 Å². The average molecular weight is 402 g/mol. The Hall–Kier alpha value is 0.0300. The number of phenolic OH excluding ortho intramolecular Hbond substituents is 1. The largest absolute Gasteiger partial charge is 0.503 e. The fourth-order valence-corrected chi connectivity index (χ4v) is 3.05. The van der Waals surface area contributed by atoms with E-state index in [1.165, 1.54) is 26.4 Å². The Morgan fingerprint density at radius 1 is 1.39 bits per heavy atom. The van der Waals surface area contributed by atoms with Crippen molar-refractivity contribution >= 4 is 44.3 Å². The number of phenols is 1. The molecule has 0 radical (unpaired) electrons. The topological polar surface area (TPSA) is 55.5 Å². The van der Waals surface area contributed by atoms with E-state index in [-0.39, 0.29) is 24.2 Å². The molecule has 1 aromatic rings. The molecule has 0 aromatic heterocycles. The number of halogens is 3. The van der Waals surface area contributed by atoms with E-state index >= 15 is 0 Å². The quantitative estimate of drug-likeness (QED) is 0.800. The first-order chi connectivity index (χ1) is 8.06. The molecule has 3 N–H and O–H groups in total. The number of nitrogens with two attached hydrogens (primary N) is 1. The first kappa shape index (κ1) is 16.1. The lowest BCUT2D eigenvalue weighted by molar-refractivity contribution is 0.263. The van der Waals surface area contributed by atoms with Gasteiger partial charge in [-0.25, -0.2) is 0 Å². The predicted octanol–water partition coefficient (Wildman–Crippen LogP) is 4.15. The second kappa shape index (κ2) is 6.46. The van der Waals surface area contributed by atoms with Crippen molar-refractivity contribution in [2.45, 2.75) is 25.3 Å². The third-order valence-corrected chi connectivity index (χ3v) is 5.57. The summed E-state index contributed by atoms with van der Waals surface area (Å²) < 4.78 is 6.56. The molecule has 102 valence electrons. The molecule has 0 bridgehead atoms. The summed E-state index contributed by atoms with van der Waals surface area (Å²) in [5.41, 5.74) is 7.24. The van der Waals surface area contributed by atoms with Gasteiger partial charge in [0.1, 0.15) is 0 Å². The number of hydrogen-bond acceptors (Lipinski definition) is 3. The van der Waals surface area contributed by atoms with Gasteiger partial charge in [0.15, 0.2) is 11.5 Å². The van der Waals surface area contributed by atoms with Gasteiger partial charge in [0.05, 0.1) is 11.6 Å². The smallest absolute Gasteiger partial charge is 0.173 e. The molecular formula is C12H16Br2ClNO2. The van der Waals surface area contributed by atoms with Gasteiger partial charge in [0.25, 0.3) is 0 Å². The van der Waals surface area contributed by atoms with Crippen LogP contribution in [0.2, 0.25) is 0 Å². The normalized spacial score (nSPS) is 16.7. The van der Waals surface area contributed by atoms with E-state index in [2.05, 4.69) is 31.9 Å². The van der Waals surface area contributed by atoms with Crippen molar-refractivity contribution in [3.63, 3.8) is 0 Å². The van der Waals surface area contributed by atoms with Gasteiger partial charge in [-0.05, 0) is 62.2 Å². The highest BCUT2D eigenvalue weighted by atomic mass is 79.9. The Kier molecular flexibility index (Phi) is 5.77. The summed E-state index contributed by atoms with van der Waals surface area (Å²) in [6, 6.07) is 1.80. The van der Waals surface area contributed by atoms with E-state index in [1.54, 1.807) is 0 Å². The van der Waals surface area contributed by atoms with Gasteiger partial charge >= 0.3 is 0 Å². The standard InChI is InChI=1S/C12H15Br2NO2.ClH/c1-17-8-5-7(9(13)10(14)12(8)16)11(15)6-3-2-4-6;/h5-6,11,16H,2-4,15H2,1H3;1H/t11-;/m0./s1. The number of rotatable bonds is 3. The van der Waals surface area contributed by atoms with E-state index < -0.39 is 0 Å². The summed E-state index contributed by atoms with van der Waals surface area (Å²) in [5.74, 6) is 1.08. The summed E-state index contributed by atoms with van der Waals surface area (Å²) >= 11 is 6.82. The van der Waals surface area contributed by atoms with Gasteiger partial charge in [0.2, 0.25) is 0 Å². The van der Waals surface area contributed by atoms with Gasteiger partial charge in [-0.3, -0.25) is 0 Å². The molecule has 0 unspecified atom stereocenters. The molecule has 6 heteroatoms. The number of hydrogen-bond donors (Lipinski definition) is 2. The molecule has 2 rings (SSSR count). The Bertz CT molecular complexity index is 439. The van der Waals surface area contributed by atoms with E-state index in [9.17, 15) is 5.11 Å². The Morgan fingerprint density at radius 3 is 2.44 bits per heavy atom. The van der Waals surface area contributed by atoms with Crippen molar-refractivity contribution in [3.05, 3.63) is 20.6 Å². The minimum absolute atomic E-state index is 0. The molecule has 1 aromatic carbocycles. The van der Waals surface area contributed by atoms with E-state index in [1.807, 2.05) is 6.07 Å². The summed E-state index contributed by atoms with van der Waals surface area (Å²) in [4.78, 5) is 0. The molecule has 18 heavy (non-hydrogen) atoms. The van der Waals surface area contributed by atoms with Crippen LogP contribution in [0, 0.1) is 5.92 Å². The van der Waals surface area contributed by atoms with Crippen LogP contribution < -0.4 is 10.5 Å². The number of ether oxygens (including phenoxy) is 1. The maximum Gasteiger partial charge on any atom is 0.173 e. The van der Waals surface area contributed by atoms with E-state index in [0.29, 0.717) is 16.1 Å². The van der Waals surface area contributed by atoms with E-state index in [0.717, 1.165) is 10.0 Å². The van der Waals surface area contributed by atoms with Gasteiger partial charge in [0, 0.05) is 10.5 Å². The van der Waals surface area contributed by atoms with Crippen LogP contribution in [0.1, 0.15) is 30.9 Å². The SMILES string of the molecule is COc1cc([C@@H](N)C2CCC2)c(Br)c(Br)c1O.Cl. The lowest BCUT2D eigenvalue weighted by Crippen LogP contribution is -2.27. The lowest BCUT2D eigenvalue weighted by Gasteiger charge is -2.32. The molecule has 0 aliphatic heterocycles. The van der Waals surface area contributed by atoms with Crippen LogP contribution in [-0.4, -0.2) is 12.2 Å². The second-order valence-electron chi connectivity index (χ2n) is 4.36. The first-order valence-corrected chi connectivity index (χ1v) is 7.15. The Morgan fingerprint density at radius 2 is 2.00 bits per heavy atom. The van der Waals surface area contributed by atoms with Crippen molar-refractivity contribution in [1.82, 2.24) is 0 Å². The van der Waals surface area contributed by atoms with E-state index in [4.69, 9.17) is 10.5 Å². The van der Waals surface area contributed by atoms with Crippen LogP contribution >= 0.6 is 44.3 Å². The lowest BCUT2D eigenvalue weighted by atomic mass is 9.77. The summed E-state index contributed by atoms with van der Waals surface area (Å²) in [5, 5.41) is 9.85. The molecule has 0 amide bonds. The molecule has 1 atom stereocenters. The van der Waals surface area contributed by atoms with Crippen molar-refractivity contribution in [2.24, 2.45) is 11.7 Å². The zero-order valence-corrected chi connectivity index (χ0v) is 13.9. The van der Waals surface area contributed by atoms with Crippen LogP contribution in [0.25, 0.3) is 0 Å². The molecule has 1 aliphatic carbocycles. The van der Waals surface area contributed by atoms with Crippen LogP contribution in [0.4, 0.5) is 0 Å². The predicted molar refractivity (Wildman–Crippen MR) is 81.6 cm³/mol. The molecular weight excluding hydrogens is 385 g/mol. The molecule has 1 fully saturated rings. The molecule has 1 saturated carbocycles. The van der Waals surface area contributed by atoms with Crippen LogP contribution in [-0.2, 0) is 0 Å². The van der Waals surface area contributed by atoms with Crippen LogP contribution in [0.3, 0.4) is 0 Å². The van der Waals surface area contributed by atoms with Gasteiger partial charge in [-0.15, -0.1) is 12.4 Å². The molecule has 1 aliphatic rings. The summed E-state index contributed by atoms with van der Waals surface area (Å²) in [6.45, 7) is 0. The number of methoxy groups -OCH3 is 1. The Balaban J connectivity index is 0.00000162.